The summed E-state index contributed by atoms with van der Waals surface area (Å²) in [4.78, 5) is 0. The van der Waals surface area contributed by atoms with Crippen LogP contribution in [-0.2, 0) is 0 Å². The first-order chi connectivity index (χ1) is 11.9. The van der Waals surface area contributed by atoms with Crippen LogP contribution in [0.3, 0.4) is 0 Å². The standard InChI is InChI=1S/C22H25FO2/c1-12(2)17-11-19(24-5)21-18(22(17)25-6)10-14-9-15(23)7-8-16(14)20(21)13(3)4/h7-13H,1-6H3. The zero-order valence-electron chi connectivity index (χ0n) is 15.7. The van der Waals surface area contributed by atoms with Gasteiger partial charge in [0.05, 0.1) is 14.2 Å². The van der Waals surface area contributed by atoms with Gasteiger partial charge in [-0.05, 0) is 52.4 Å². The largest absolute Gasteiger partial charge is 0.496 e. The Kier molecular flexibility index (Phi) is 4.59. The van der Waals surface area contributed by atoms with E-state index in [0.29, 0.717) is 5.92 Å². The van der Waals surface area contributed by atoms with Gasteiger partial charge in [-0.25, -0.2) is 4.39 Å². The summed E-state index contributed by atoms with van der Waals surface area (Å²) in [6, 6.07) is 9.07. The number of hydrogen-bond acceptors (Lipinski definition) is 2. The highest BCUT2D eigenvalue weighted by molar-refractivity contribution is 6.08. The van der Waals surface area contributed by atoms with Crippen molar-refractivity contribution in [1.82, 2.24) is 0 Å². The Hall–Kier alpha value is -2.29. The molecule has 2 nitrogen and oxygen atoms in total. The number of benzene rings is 3. The van der Waals surface area contributed by atoms with E-state index in [-0.39, 0.29) is 11.7 Å². The molecule has 0 aliphatic carbocycles. The lowest BCUT2D eigenvalue weighted by atomic mass is 9.87. The SMILES string of the molecule is COc1c(C(C)C)cc(OC)c2c(C(C)C)c3ccc(F)cc3cc12. The predicted molar refractivity (Wildman–Crippen MR) is 103 cm³/mol. The summed E-state index contributed by atoms with van der Waals surface area (Å²) in [5.41, 5.74) is 2.26. The van der Waals surface area contributed by atoms with Crippen molar-refractivity contribution < 1.29 is 13.9 Å². The van der Waals surface area contributed by atoms with Crippen molar-refractivity contribution in [1.29, 1.82) is 0 Å². The minimum Gasteiger partial charge on any atom is -0.496 e. The van der Waals surface area contributed by atoms with Gasteiger partial charge in [0.2, 0.25) is 0 Å². The topological polar surface area (TPSA) is 18.5 Å². The summed E-state index contributed by atoms with van der Waals surface area (Å²) in [6.07, 6.45) is 0. The van der Waals surface area contributed by atoms with Gasteiger partial charge in [0.25, 0.3) is 0 Å². The van der Waals surface area contributed by atoms with E-state index in [1.54, 1.807) is 20.3 Å². The van der Waals surface area contributed by atoms with Crippen molar-refractivity contribution >= 4 is 21.5 Å². The molecule has 3 aromatic carbocycles. The number of fused-ring (bicyclic) bond motifs is 2. The van der Waals surface area contributed by atoms with Crippen molar-refractivity contribution in [2.45, 2.75) is 39.5 Å². The number of rotatable bonds is 4. The second-order valence-corrected chi connectivity index (χ2v) is 7.09. The van der Waals surface area contributed by atoms with E-state index in [2.05, 4.69) is 33.8 Å². The molecule has 3 aromatic rings. The average molecular weight is 340 g/mol. The summed E-state index contributed by atoms with van der Waals surface area (Å²) in [5, 5.41) is 3.98. The van der Waals surface area contributed by atoms with Crippen LogP contribution in [0, 0.1) is 5.82 Å². The first-order valence-corrected chi connectivity index (χ1v) is 8.69. The second-order valence-electron chi connectivity index (χ2n) is 7.09. The van der Waals surface area contributed by atoms with E-state index in [9.17, 15) is 4.39 Å². The third-order valence-corrected chi connectivity index (χ3v) is 4.81. The van der Waals surface area contributed by atoms with Crippen LogP contribution in [-0.4, -0.2) is 14.2 Å². The number of ether oxygens (including phenoxy) is 2. The normalized spacial score (nSPS) is 11.7. The average Bonchev–Trinajstić information content (AvgIpc) is 2.57. The Bertz CT molecular complexity index is 942. The van der Waals surface area contributed by atoms with Gasteiger partial charge >= 0.3 is 0 Å². The zero-order valence-corrected chi connectivity index (χ0v) is 15.7. The van der Waals surface area contributed by atoms with Crippen molar-refractivity contribution in [3.63, 3.8) is 0 Å². The Labute approximate surface area is 148 Å². The third-order valence-electron chi connectivity index (χ3n) is 4.81. The Morgan fingerprint density at radius 3 is 2.12 bits per heavy atom. The van der Waals surface area contributed by atoms with Crippen LogP contribution in [0.15, 0.2) is 30.3 Å². The molecule has 0 amide bonds. The highest BCUT2D eigenvalue weighted by Gasteiger charge is 2.21. The summed E-state index contributed by atoms with van der Waals surface area (Å²) in [6.45, 7) is 8.57. The van der Waals surface area contributed by atoms with Crippen LogP contribution >= 0.6 is 0 Å². The molecular formula is C22H25FO2. The van der Waals surface area contributed by atoms with Gasteiger partial charge < -0.3 is 9.47 Å². The van der Waals surface area contributed by atoms with Crippen LogP contribution in [0.1, 0.15) is 50.7 Å². The summed E-state index contributed by atoms with van der Waals surface area (Å²) in [5.74, 6) is 2.01. The lowest BCUT2D eigenvalue weighted by Gasteiger charge is -2.22. The summed E-state index contributed by atoms with van der Waals surface area (Å²) in [7, 11) is 3.39. The molecular weight excluding hydrogens is 315 g/mol. The maximum Gasteiger partial charge on any atom is 0.130 e. The monoisotopic (exact) mass is 340 g/mol. The molecule has 0 aromatic heterocycles. The van der Waals surface area contributed by atoms with Crippen molar-refractivity contribution in [2.24, 2.45) is 0 Å². The molecule has 0 aliphatic rings. The third kappa shape index (κ3) is 2.82. The van der Waals surface area contributed by atoms with Gasteiger partial charge in [0.15, 0.2) is 0 Å². The number of halogens is 1. The van der Waals surface area contributed by atoms with Crippen LogP contribution in [0.5, 0.6) is 11.5 Å². The Balaban J connectivity index is 2.61. The van der Waals surface area contributed by atoms with E-state index in [1.807, 2.05) is 12.1 Å². The Morgan fingerprint density at radius 1 is 0.840 bits per heavy atom. The Morgan fingerprint density at radius 2 is 1.56 bits per heavy atom. The molecule has 0 heterocycles. The van der Waals surface area contributed by atoms with Crippen LogP contribution in [0.25, 0.3) is 21.5 Å². The lowest BCUT2D eigenvalue weighted by Crippen LogP contribution is -2.01. The van der Waals surface area contributed by atoms with Crippen LogP contribution < -0.4 is 9.47 Å². The molecule has 0 radical (unpaired) electrons. The van der Waals surface area contributed by atoms with Gasteiger partial charge in [-0.1, -0.05) is 33.8 Å². The molecule has 3 rings (SSSR count). The molecule has 0 spiro atoms. The maximum atomic E-state index is 13.8. The molecule has 0 bridgehead atoms. The van der Waals surface area contributed by atoms with E-state index < -0.39 is 0 Å². The molecule has 25 heavy (non-hydrogen) atoms. The molecule has 0 N–H and O–H groups in total. The van der Waals surface area contributed by atoms with Crippen LogP contribution in [0.2, 0.25) is 0 Å². The van der Waals surface area contributed by atoms with Gasteiger partial charge in [-0.15, -0.1) is 0 Å². The van der Waals surface area contributed by atoms with Crippen molar-refractivity contribution in [3.8, 4) is 11.5 Å². The first kappa shape index (κ1) is 17.5. The fourth-order valence-corrected chi connectivity index (χ4v) is 3.70. The fraction of sp³-hybridized carbons (Fsp3) is 0.364. The molecule has 0 atom stereocenters. The maximum absolute atomic E-state index is 13.8. The van der Waals surface area contributed by atoms with Gasteiger partial charge in [-0.2, -0.15) is 0 Å². The fourth-order valence-electron chi connectivity index (χ4n) is 3.70. The number of methoxy groups -OCH3 is 2. The highest BCUT2D eigenvalue weighted by Crippen LogP contribution is 2.45. The first-order valence-electron chi connectivity index (χ1n) is 8.69. The molecule has 0 saturated carbocycles. The van der Waals surface area contributed by atoms with Gasteiger partial charge in [0, 0.05) is 16.3 Å². The summed E-state index contributed by atoms with van der Waals surface area (Å²) >= 11 is 0. The van der Waals surface area contributed by atoms with E-state index in [1.165, 1.54) is 6.07 Å². The summed E-state index contributed by atoms with van der Waals surface area (Å²) < 4.78 is 25.4. The molecule has 132 valence electrons. The molecule has 0 unspecified atom stereocenters. The molecule has 0 aliphatic heterocycles. The lowest BCUT2D eigenvalue weighted by molar-refractivity contribution is 0.404. The van der Waals surface area contributed by atoms with E-state index in [0.717, 1.165) is 44.2 Å². The molecule has 3 heteroatoms. The van der Waals surface area contributed by atoms with E-state index >= 15 is 0 Å². The van der Waals surface area contributed by atoms with Gasteiger partial charge in [-0.3, -0.25) is 0 Å². The predicted octanol–water partition coefficient (Wildman–Crippen LogP) is 6.40. The minimum atomic E-state index is -0.229. The molecule has 0 fully saturated rings. The van der Waals surface area contributed by atoms with Gasteiger partial charge in [0.1, 0.15) is 17.3 Å². The molecule has 0 saturated heterocycles. The number of hydrogen-bond donors (Lipinski definition) is 0. The quantitative estimate of drug-likeness (QED) is 0.512. The highest BCUT2D eigenvalue weighted by atomic mass is 19.1. The van der Waals surface area contributed by atoms with Crippen LogP contribution in [0.4, 0.5) is 4.39 Å². The van der Waals surface area contributed by atoms with Crippen molar-refractivity contribution in [2.75, 3.05) is 14.2 Å². The zero-order chi connectivity index (χ0) is 18.3. The smallest absolute Gasteiger partial charge is 0.130 e. The minimum absolute atomic E-state index is 0.229. The van der Waals surface area contributed by atoms with E-state index in [4.69, 9.17) is 9.47 Å². The van der Waals surface area contributed by atoms with Crippen molar-refractivity contribution in [3.05, 3.63) is 47.3 Å². The second kappa shape index (κ2) is 6.55.